The Morgan fingerprint density at radius 2 is 1.14 bits per heavy atom. The SMILES string of the molecule is CC(=O)C1(CF)CCCCO1.CC(=O)C1(CO)CCCCO1.COCCN(CCOC)S(F)(F)F.O.O=C(O)C1(CF)CCCCO1.OCC1CCCO1.[Li+].[OH-]. The Bertz CT molecular complexity index is 907. The number of carboxylic acid groups (broad SMARTS) is 1. The van der Waals surface area contributed by atoms with Crippen molar-refractivity contribution < 1.29 is 108 Å². The van der Waals surface area contributed by atoms with Gasteiger partial charge >= 0.3 is 24.8 Å². The van der Waals surface area contributed by atoms with Crippen molar-refractivity contribution in [3.8, 4) is 0 Å². The topological polar surface area (TPSA) is 232 Å². The second kappa shape index (κ2) is 33.8. The third-order valence-electron chi connectivity index (χ3n) is 9.03. The number of carboxylic acids is 1. The summed E-state index contributed by atoms with van der Waals surface area (Å²) in [5, 5.41) is 26.0. The van der Waals surface area contributed by atoms with Crippen LogP contribution in [0.15, 0.2) is 0 Å². The molecule has 0 aromatic rings. The minimum Gasteiger partial charge on any atom is -0.870 e. The molecule has 15 nitrogen and oxygen atoms in total. The second-order valence-electron chi connectivity index (χ2n) is 12.9. The van der Waals surface area contributed by atoms with Gasteiger partial charge in [-0.15, -0.1) is 11.7 Å². The third kappa shape index (κ3) is 22.9. The molecule has 4 heterocycles. The van der Waals surface area contributed by atoms with Crippen LogP contribution in [0.2, 0.25) is 0 Å². The Morgan fingerprint density at radius 1 is 0.732 bits per heavy atom. The fourth-order valence-corrected chi connectivity index (χ4v) is 5.94. The minimum absolute atomic E-state index is 0. The van der Waals surface area contributed by atoms with Gasteiger partial charge in [0.2, 0.25) is 0 Å². The maximum Gasteiger partial charge on any atom is 1.00 e. The first-order chi connectivity index (χ1) is 25.1. The first-order valence-corrected chi connectivity index (χ1v) is 19.2. The monoisotopic (exact) mass is 845 g/mol. The van der Waals surface area contributed by atoms with E-state index in [0.29, 0.717) is 43.4 Å². The standard InChI is InChI=1S/C8H13FO2.C8H14O3.C7H11FO3.C6H14F3NO2S.C5H10O2.Li.2H2O/c2*1-7(10)8(6-9)4-2-3-5-11-8;8-5-7(6(9)10)3-1-2-4-11-7;1-11-5-3-10(4-6-12-2)13(7,8)9;6-4-5-2-1-3-7-5;;;/h2-6H2,1H3;9H,2-6H2,1H3;1-5H2,(H,9,10);3-6H2,1-2H3;5-6H,1-4H2;;2*1H2/q;;;;;+1;;/p-1. The normalized spacial score (nSPS) is 25.8. The summed E-state index contributed by atoms with van der Waals surface area (Å²) in [6.45, 7) is 3.49. The molecule has 4 aliphatic heterocycles. The molecule has 0 radical (unpaired) electrons. The fraction of sp³-hybridized carbons (Fsp3) is 0.912. The summed E-state index contributed by atoms with van der Waals surface area (Å²) in [5.74, 6) is -1.42. The predicted molar refractivity (Wildman–Crippen MR) is 193 cm³/mol. The van der Waals surface area contributed by atoms with Gasteiger partial charge in [-0.25, -0.2) is 13.6 Å². The van der Waals surface area contributed by atoms with Crippen molar-refractivity contribution in [2.24, 2.45) is 0 Å². The molecule has 0 aliphatic carbocycles. The summed E-state index contributed by atoms with van der Waals surface area (Å²) in [7, 11) is 2.75. The Labute approximate surface area is 341 Å². The van der Waals surface area contributed by atoms with Gasteiger partial charge in [-0.2, -0.15) is 4.31 Å². The van der Waals surface area contributed by atoms with Gasteiger partial charge in [0.25, 0.3) is 11.4 Å². The second-order valence-corrected chi connectivity index (χ2v) is 14.1. The van der Waals surface area contributed by atoms with Crippen LogP contribution in [0.25, 0.3) is 0 Å². The first kappa shape index (κ1) is 61.6. The number of ketones is 2. The van der Waals surface area contributed by atoms with Gasteiger partial charge in [0, 0.05) is 53.7 Å². The Balaban J connectivity index is -0.000000300. The van der Waals surface area contributed by atoms with E-state index >= 15 is 0 Å². The zero-order valence-electron chi connectivity index (χ0n) is 33.5. The summed E-state index contributed by atoms with van der Waals surface area (Å²) < 4.78 is 91.5. The van der Waals surface area contributed by atoms with E-state index in [1.807, 2.05) is 0 Å². The average molecular weight is 846 g/mol. The van der Waals surface area contributed by atoms with Crippen LogP contribution >= 0.6 is 11.4 Å². The van der Waals surface area contributed by atoms with E-state index < -0.39 is 47.5 Å². The van der Waals surface area contributed by atoms with Crippen LogP contribution in [0.5, 0.6) is 0 Å². The molecule has 0 aromatic heterocycles. The van der Waals surface area contributed by atoms with Gasteiger partial charge in [-0.1, -0.05) is 0 Å². The number of hydrogen-bond donors (Lipinski definition) is 3. The number of carbonyl (C=O) groups is 3. The van der Waals surface area contributed by atoms with Crippen LogP contribution in [0, 0.1) is 0 Å². The van der Waals surface area contributed by atoms with E-state index in [1.165, 1.54) is 28.1 Å². The zero-order chi connectivity index (χ0) is 40.4. The molecular formula is C34H65F5LiNO14S. The van der Waals surface area contributed by atoms with Crippen molar-refractivity contribution in [1.82, 2.24) is 4.31 Å². The molecular weight excluding hydrogens is 780 g/mol. The van der Waals surface area contributed by atoms with Crippen molar-refractivity contribution in [2.75, 3.05) is 93.5 Å². The van der Waals surface area contributed by atoms with E-state index in [9.17, 15) is 34.8 Å². The van der Waals surface area contributed by atoms with Crippen LogP contribution in [0.3, 0.4) is 0 Å². The molecule has 4 rings (SSSR count). The molecule has 4 aliphatic rings. The molecule has 0 bridgehead atoms. The molecule has 0 saturated carbocycles. The summed E-state index contributed by atoms with van der Waals surface area (Å²) >= 11 is -5.14. The number of rotatable bonds is 14. The van der Waals surface area contributed by atoms with Crippen LogP contribution < -0.4 is 18.9 Å². The molecule has 56 heavy (non-hydrogen) atoms. The number of Topliss-reactive ketones (excluding diaryl/α,β-unsaturated/α-hetero) is 2. The fourth-order valence-electron chi connectivity index (χ4n) is 5.37. The van der Waals surface area contributed by atoms with Crippen LogP contribution in [-0.4, -0.2) is 165 Å². The molecule has 4 atom stereocenters. The Hall–Kier alpha value is -1.03. The van der Waals surface area contributed by atoms with E-state index in [2.05, 4.69) is 9.47 Å². The summed E-state index contributed by atoms with van der Waals surface area (Å²) in [5.41, 5.74) is -3.48. The number of aliphatic hydroxyl groups excluding tert-OH is 2. The van der Waals surface area contributed by atoms with Crippen molar-refractivity contribution in [3.05, 3.63) is 0 Å². The predicted octanol–water partition coefficient (Wildman–Crippen LogP) is 1.09. The van der Waals surface area contributed by atoms with Crippen LogP contribution in [0.4, 0.5) is 20.4 Å². The number of aliphatic carboxylic acids is 1. The molecule has 4 unspecified atom stereocenters. The summed E-state index contributed by atoms with van der Waals surface area (Å²) in [6.07, 6.45) is 9.16. The number of methoxy groups -OCH3 is 2. The van der Waals surface area contributed by atoms with Gasteiger partial charge in [0.1, 0.15) is 19.0 Å². The van der Waals surface area contributed by atoms with Crippen molar-refractivity contribution >= 4 is 28.9 Å². The minimum atomic E-state index is -5.14. The molecule has 0 amide bonds. The van der Waals surface area contributed by atoms with Gasteiger partial charge < -0.3 is 54.7 Å². The number of alkyl halides is 2. The quantitative estimate of drug-likeness (QED) is 0.164. The van der Waals surface area contributed by atoms with Crippen molar-refractivity contribution in [2.45, 2.75) is 107 Å². The number of nitrogens with zero attached hydrogens (tertiary/aromatic N) is 1. The van der Waals surface area contributed by atoms with Gasteiger partial charge in [-0.3, -0.25) is 9.59 Å². The molecule has 22 heteroatoms. The van der Waals surface area contributed by atoms with Crippen molar-refractivity contribution in [1.29, 1.82) is 0 Å². The number of aliphatic hydroxyl groups is 2. The maximum atomic E-state index is 12.4. The number of hydrogen-bond acceptors (Lipinski definition) is 13. The summed E-state index contributed by atoms with van der Waals surface area (Å²) in [4.78, 5) is 32.6. The van der Waals surface area contributed by atoms with Crippen molar-refractivity contribution in [3.63, 3.8) is 0 Å². The van der Waals surface area contributed by atoms with Crippen LogP contribution in [-0.2, 0) is 42.8 Å². The Kier molecular flexibility index (Phi) is 37.2. The third-order valence-corrected chi connectivity index (χ3v) is 9.98. The van der Waals surface area contributed by atoms with Crippen LogP contribution in [0.1, 0.15) is 84.5 Å². The maximum absolute atomic E-state index is 12.4. The molecule has 0 aromatic carbocycles. The van der Waals surface area contributed by atoms with E-state index in [1.54, 1.807) is 0 Å². The molecule has 4 saturated heterocycles. The van der Waals surface area contributed by atoms with E-state index in [0.717, 1.165) is 58.0 Å². The Morgan fingerprint density at radius 3 is 1.32 bits per heavy atom. The molecule has 6 N–H and O–H groups in total. The number of halogens is 5. The summed E-state index contributed by atoms with van der Waals surface area (Å²) in [6, 6.07) is 0. The molecule has 332 valence electrons. The molecule has 4 fully saturated rings. The largest absolute Gasteiger partial charge is 1.00 e. The average Bonchev–Trinajstić information content (AvgIpc) is 3.70. The molecule has 0 spiro atoms. The van der Waals surface area contributed by atoms with E-state index in [4.69, 9.17) is 34.3 Å². The number of ether oxygens (including phenoxy) is 6. The van der Waals surface area contributed by atoms with E-state index in [-0.39, 0.29) is 87.0 Å². The van der Waals surface area contributed by atoms with Gasteiger partial charge in [-0.05, 0) is 84.5 Å². The zero-order valence-corrected chi connectivity index (χ0v) is 34.4. The smallest absolute Gasteiger partial charge is 0.870 e. The van der Waals surface area contributed by atoms with Gasteiger partial charge in [0.15, 0.2) is 22.8 Å². The van der Waals surface area contributed by atoms with Gasteiger partial charge in [0.05, 0.1) is 32.5 Å². The number of carbonyl (C=O) groups excluding carboxylic acids is 2. The first-order valence-electron chi connectivity index (χ1n) is 17.9.